The summed E-state index contributed by atoms with van der Waals surface area (Å²) in [5.41, 5.74) is 14.1. The lowest BCUT2D eigenvalue weighted by Crippen LogP contribution is -2.15. The minimum Gasteiger partial charge on any atom is -0.383 e. The molecule has 19 heavy (non-hydrogen) atoms. The lowest BCUT2D eigenvalue weighted by molar-refractivity contribution is 0.102. The normalized spacial score (nSPS) is 10.2. The number of carbonyl (C=O) groups excluding carboxylic acids is 1. The quantitative estimate of drug-likeness (QED) is 0.778. The molecule has 1 heterocycles. The fraction of sp³-hybridized carbons (Fsp3) is 0.143. The Kier molecular flexibility index (Phi) is 3.77. The first-order chi connectivity index (χ1) is 9.10. The molecule has 2 rings (SSSR count). The number of hydrogen-bond donors (Lipinski definition) is 3. The summed E-state index contributed by atoms with van der Waals surface area (Å²) in [4.78, 5) is 16.1. The van der Waals surface area contributed by atoms with Crippen molar-refractivity contribution in [2.45, 2.75) is 13.5 Å². The van der Waals surface area contributed by atoms with Crippen molar-refractivity contribution in [3.05, 3.63) is 53.2 Å². The van der Waals surface area contributed by atoms with Crippen LogP contribution in [-0.2, 0) is 6.54 Å². The van der Waals surface area contributed by atoms with Gasteiger partial charge in [-0.2, -0.15) is 0 Å². The van der Waals surface area contributed by atoms with Crippen molar-refractivity contribution in [1.82, 2.24) is 4.98 Å². The molecule has 5 heteroatoms. The Hall–Kier alpha value is -2.40. The smallest absolute Gasteiger partial charge is 0.259 e. The molecule has 0 saturated carbocycles. The summed E-state index contributed by atoms with van der Waals surface area (Å²) in [6.07, 6.45) is 0. The predicted molar refractivity (Wildman–Crippen MR) is 75.7 cm³/mol. The molecule has 0 radical (unpaired) electrons. The number of nitrogens with two attached hydrogens (primary N) is 2. The zero-order valence-corrected chi connectivity index (χ0v) is 10.7. The van der Waals surface area contributed by atoms with Crippen molar-refractivity contribution < 1.29 is 4.79 Å². The van der Waals surface area contributed by atoms with Gasteiger partial charge in [0, 0.05) is 17.9 Å². The Bertz CT molecular complexity index is 593. The van der Waals surface area contributed by atoms with Gasteiger partial charge in [0.1, 0.15) is 5.82 Å². The second-order valence-corrected chi connectivity index (χ2v) is 4.24. The van der Waals surface area contributed by atoms with Gasteiger partial charge < -0.3 is 16.8 Å². The van der Waals surface area contributed by atoms with Gasteiger partial charge in [0.05, 0.1) is 5.56 Å². The number of rotatable bonds is 3. The standard InChI is InChI=1S/C14H16N4O/c1-9-2-7-12(13(16)17-9)14(19)18-11-5-3-10(8-15)4-6-11/h2-7H,8,15H2,1H3,(H2,16,17)(H,18,19). The lowest BCUT2D eigenvalue weighted by Gasteiger charge is -2.08. The number of amides is 1. The van der Waals surface area contributed by atoms with Crippen molar-refractivity contribution >= 4 is 17.4 Å². The Morgan fingerprint density at radius 2 is 1.89 bits per heavy atom. The van der Waals surface area contributed by atoms with E-state index in [4.69, 9.17) is 11.5 Å². The van der Waals surface area contributed by atoms with Crippen molar-refractivity contribution in [2.75, 3.05) is 11.1 Å². The molecule has 98 valence electrons. The van der Waals surface area contributed by atoms with E-state index in [1.165, 1.54) is 0 Å². The molecule has 1 aromatic carbocycles. The maximum Gasteiger partial charge on any atom is 0.259 e. The summed E-state index contributed by atoms with van der Waals surface area (Å²) in [6, 6.07) is 10.8. The molecular formula is C14H16N4O. The SMILES string of the molecule is Cc1ccc(C(=O)Nc2ccc(CN)cc2)c(N)n1. The first-order valence-corrected chi connectivity index (χ1v) is 5.93. The van der Waals surface area contributed by atoms with E-state index in [1.54, 1.807) is 24.3 Å². The molecule has 0 atom stereocenters. The number of pyridine rings is 1. The van der Waals surface area contributed by atoms with Crippen LogP contribution in [0.1, 0.15) is 21.6 Å². The van der Waals surface area contributed by atoms with E-state index in [9.17, 15) is 4.79 Å². The van der Waals surface area contributed by atoms with Crippen LogP contribution in [0.4, 0.5) is 11.5 Å². The largest absolute Gasteiger partial charge is 0.383 e. The Morgan fingerprint density at radius 3 is 2.47 bits per heavy atom. The van der Waals surface area contributed by atoms with Crippen LogP contribution in [0, 0.1) is 6.92 Å². The highest BCUT2D eigenvalue weighted by molar-refractivity contribution is 6.07. The average Bonchev–Trinajstić information content (AvgIpc) is 2.39. The summed E-state index contributed by atoms with van der Waals surface area (Å²) < 4.78 is 0. The van der Waals surface area contributed by atoms with Gasteiger partial charge >= 0.3 is 0 Å². The number of hydrogen-bond acceptors (Lipinski definition) is 4. The molecule has 5 nitrogen and oxygen atoms in total. The molecular weight excluding hydrogens is 240 g/mol. The first-order valence-electron chi connectivity index (χ1n) is 5.93. The van der Waals surface area contributed by atoms with Crippen LogP contribution >= 0.6 is 0 Å². The van der Waals surface area contributed by atoms with E-state index in [0.29, 0.717) is 17.8 Å². The number of aryl methyl sites for hydroxylation is 1. The molecule has 0 aliphatic carbocycles. The molecule has 0 bridgehead atoms. The van der Waals surface area contributed by atoms with Crippen LogP contribution in [0.15, 0.2) is 36.4 Å². The molecule has 5 N–H and O–H groups in total. The number of nitrogens with one attached hydrogen (secondary N) is 1. The molecule has 1 amide bonds. The molecule has 0 unspecified atom stereocenters. The van der Waals surface area contributed by atoms with E-state index in [1.807, 2.05) is 19.1 Å². The van der Waals surface area contributed by atoms with E-state index in [0.717, 1.165) is 11.3 Å². The molecule has 0 spiro atoms. The average molecular weight is 256 g/mol. The number of nitrogens with zero attached hydrogens (tertiary/aromatic N) is 1. The van der Waals surface area contributed by atoms with Gasteiger partial charge in [-0.3, -0.25) is 4.79 Å². The Labute approximate surface area is 111 Å². The Morgan fingerprint density at radius 1 is 1.21 bits per heavy atom. The topological polar surface area (TPSA) is 94.0 Å². The third-order valence-corrected chi connectivity index (χ3v) is 2.76. The van der Waals surface area contributed by atoms with Crippen molar-refractivity contribution in [1.29, 1.82) is 0 Å². The van der Waals surface area contributed by atoms with E-state index in [2.05, 4.69) is 10.3 Å². The van der Waals surface area contributed by atoms with Gasteiger partial charge in [0.25, 0.3) is 5.91 Å². The highest BCUT2D eigenvalue weighted by Gasteiger charge is 2.10. The number of carbonyl (C=O) groups is 1. The van der Waals surface area contributed by atoms with Crippen LogP contribution in [0.5, 0.6) is 0 Å². The van der Waals surface area contributed by atoms with Crippen LogP contribution in [0.2, 0.25) is 0 Å². The van der Waals surface area contributed by atoms with E-state index >= 15 is 0 Å². The summed E-state index contributed by atoms with van der Waals surface area (Å²) in [6.45, 7) is 2.30. The highest BCUT2D eigenvalue weighted by atomic mass is 16.1. The van der Waals surface area contributed by atoms with E-state index in [-0.39, 0.29) is 11.7 Å². The third-order valence-electron chi connectivity index (χ3n) is 2.76. The van der Waals surface area contributed by atoms with E-state index < -0.39 is 0 Å². The molecule has 0 saturated heterocycles. The third kappa shape index (κ3) is 3.08. The maximum atomic E-state index is 12.0. The zero-order valence-electron chi connectivity index (χ0n) is 10.7. The van der Waals surface area contributed by atoms with Crippen LogP contribution in [-0.4, -0.2) is 10.9 Å². The zero-order chi connectivity index (χ0) is 13.8. The van der Waals surface area contributed by atoms with Crippen molar-refractivity contribution in [2.24, 2.45) is 5.73 Å². The van der Waals surface area contributed by atoms with Gasteiger partial charge in [-0.05, 0) is 36.8 Å². The fourth-order valence-corrected chi connectivity index (χ4v) is 1.69. The summed E-state index contributed by atoms with van der Waals surface area (Å²) in [5.74, 6) is -0.0402. The first kappa shape index (κ1) is 13.0. The van der Waals surface area contributed by atoms with Gasteiger partial charge in [-0.1, -0.05) is 12.1 Å². The fourth-order valence-electron chi connectivity index (χ4n) is 1.69. The minimum atomic E-state index is -0.273. The molecule has 0 aliphatic heterocycles. The molecule has 2 aromatic rings. The van der Waals surface area contributed by atoms with Crippen molar-refractivity contribution in [3.63, 3.8) is 0 Å². The molecule has 1 aromatic heterocycles. The van der Waals surface area contributed by atoms with Gasteiger partial charge in [0.15, 0.2) is 0 Å². The van der Waals surface area contributed by atoms with Crippen LogP contribution in [0.25, 0.3) is 0 Å². The summed E-state index contributed by atoms with van der Waals surface area (Å²) in [7, 11) is 0. The number of anilines is 2. The highest BCUT2D eigenvalue weighted by Crippen LogP contribution is 2.14. The monoisotopic (exact) mass is 256 g/mol. The summed E-state index contributed by atoms with van der Waals surface area (Å²) >= 11 is 0. The van der Waals surface area contributed by atoms with Crippen molar-refractivity contribution in [3.8, 4) is 0 Å². The maximum absolute atomic E-state index is 12.0. The lowest BCUT2D eigenvalue weighted by atomic mass is 10.2. The van der Waals surface area contributed by atoms with Gasteiger partial charge in [0.2, 0.25) is 0 Å². The number of nitrogen functional groups attached to an aromatic ring is 1. The van der Waals surface area contributed by atoms with Gasteiger partial charge in [-0.25, -0.2) is 4.98 Å². The number of benzene rings is 1. The van der Waals surface area contributed by atoms with Crippen LogP contribution in [0.3, 0.4) is 0 Å². The number of aromatic nitrogens is 1. The molecule has 0 fully saturated rings. The van der Waals surface area contributed by atoms with Crippen LogP contribution < -0.4 is 16.8 Å². The minimum absolute atomic E-state index is 0.232. The summed E-state index contributed by atoms with van der Waals surface area (Å²) in [5, 5.41) is 2.77. The predicted octanol–water partition coefficient (Wildman–Crippen LogP) is 1.68. The second kappa shape index (κ2) is 5.49. The second-order valence-electron chi connectivity index (χ2n) is 4.24. The van der Waals surface area contributed by atoms with Gasteiger partial charge in [-0.15, -0.1) is 0 Å². The Balaban J connectivity index is 2.15. The molecule has 0 aliphatic rings.